The van der Waals surface area contributed by atoms with Crippen molar-refractivity contribution in [2.45, 2.75) is 18.9 Å². The fourth-order valence-electron chi connectivity index (χ4n) is 2.26. The van der Waals surface area contributed by atoms with Crippen LogP contribution in [0.15, 0.2) is 48.5 Å². The molecule has 86 valence electrons. The minimum absolute atomic E-state index is 0.171. The lowest BCUT2D eigenvalue weighted by Gasteiger charge is -2.26. The number of rotatable bonds is 1. The lowest BCUT2D eigenvalue weighted by atomic mass is 9.97. The van der Waals surface area contributed by atoms with Crippen molar-refractivity contribution in [3.63, 3.8) is 0 Å². The fraction of sp³-hybridized carbons (Fsp3) is 0.200. The molecule has 1 atom stereocenters. The monoisotopic (exact) mass is 244 g/mol. The molecular formula is C15H13ClO. The zero-order valence-corrected chi connectivity index (χ0v) is 10.2. The quantitative estimate of drug-likeness (QED) is 0.722. The molecule has 0 saturated carbocycles. The van der Waals surface area contributed by atoms with Crippen LogP contribution >= 0.6 is 11.6 Å². The molecule has 0 aromatic heterocycles. The third kappa shape index (κ3) is 2.16. The maximum Gasteiger partial charge on any atom is 0.124 e. The summed E-state index contributed by atoms with van der Waals surface area (Å²) in [6.07, 6.45) is 2.21. The molecule has 0 amide bonds. The van der Waals surface area contributed by atoms with Crippen LogP contribution in [-0.4, -0.2) is 0 Å². The highest BCUT2D eigenvalue weighted by molar-refractivity contribution is 6.30. The molecule has 1 aliphatic heterocycles. The van der Waals surface area contributed by atoms with Gasteiger partial charge in [0, 0.05) is 5.02 Å². The molecular weight excluding hydrogens is 232 g/mol. The van der Waals surface area contributed by atoms with Gasteiger partial charge in [0.05, 0.1) is 0 Å². The summed E-state index contributed by atoms with van der Waals surface area (Å²) in [7, 11) is 0. The SMILES string of the molecule is Clc1ccc2c(c1)CCC(c1ccccc1)O2. The number of fused-ring (bicyclic) bond motifs is 1. The Morgan fingerprint density at radius 3 is 2.71 bits per heavy atom. The molecule has 17 heavy (non-hydrogen) atoms. The van der Waals surface area contributed by atoms with Crippen molar-refractivity contribution in [3.05, 3.63) is 64.7 Å². The number of aryl methyl sites for hydroxylation is 1. The van der Waals surface area contributed by atoms with Crippen LogP contribution in [0.2, 0.25) is 5.02 Å². The van der Waals surface area contributed by atoms with Gasteiger partial charge >= 0.3 is 0 Å². The van der Waals surface area contributed by atoms with Gasteiger partial charge in [-0.3, -0.25) is 0 Å². The molecule has 2 heteroatoms. The molecule has 1 aliphatic rings. The first-order valence-electron chi connectivity index (χ1n) is 5.83. The second-order valence-corrected chi connectivity index (χ2v) is 4.74. The molecule has 1 unspecified atom stereocenters. The summed E-state index contributed by atoms with van der Waals surface area (Å²) in [4.78, 5) is 0. The Morgan fingerprint density at radius 2 is 1.88 bits per heavy atom. The second-order valence-electron chi connectivity index (χ2n) is 4.31. The highest BCUT2D eigenvalue weighted by Crippen LogP contribution is 2.35. The number of benzene rings is 2. The van der Waals surface area contributed by atoms with E-state index >= 15 is 0 Å². The number of ether oxygens (including phenoxy) is 1. The number of halogens is 1. The van der Waals surface area contributed by atoms with Crippen molar-refractivity contribution in [1.29, 1.82) is 0 Å². The normalized spacial score (nSPS) is 18.3. The van der Waals surface area contributed by atoms with E-state index in [1.54, 1.807) is 0 Å². The van der Waals surface area contributed by atoms with Crippen molar-refractivity contribution >= 4 is 11.6 Å². The van der Waals surface area contributed by atoms with Crippen molar-refractivity contribution < 1.29 is 4.74 Å². The van der Waals surface area contributed by atoms with E-state index in [2.05, 4.69) is 24.3 Å². The Kier molecular flexibility index (Phi) is 2.77. The molecule has 0 aliphatic carbocycles. The lowest BCUT2D eigenvalue weighted by Crippen LogP contribution is -2.14. The largest absolute Gasteiger partial charge is 0.485 e. The summed E-state index contributed by atoms with van der Waals surface area (Å²) in [5.74, 6) is 0.967. The smallest absolute Gasteiger partial charge is 0.124 e. The van der Waals surface area contributed by atoms with E-state index < -0.39 is 0 Å². The highest BCUT2D eigenvalue weighted by Gasteiger charge is 2.20. The highest BCUT2D eigenvalue weighted by atomic mass is 35.5. The standard InChI is InChI=1S/C15H13ClO/c16-13-7-9-15-12(10-13)6-8-14(17-15)11-4-2-1-3-5-11/h1-5,7,9-10,14H,6,8H2. The molecule has 2 aromatic rings. The Hall–Kier alpha value is -1.47. The van der Waals surface area contributed by atoms with Gasteiger partial charge in [-0.2, -0.15) is 0 Å². The summed E-state index contributed by atoms with van der Waals surface area (Å²) in [5.41, 5.74) is 2.46. The maximum absolute atomic E-state index is 6.01. The average Bonchev–Trinajstić information content (AvgIpc) is 2.39. The summed E-state index contributed by atoms with van der Waals surface area (Å²) >= 11 is 5.97. The molecule has 0 spiro atoms. The lowest BCUT2D eigenvalue weighted by molar-refractivity contribution is 0.176. The van der Waals surface area contributed by atoms with E-state index in [0.717, 1.165) is 23.6 Å². The fourth-order valence-corrected chi connectivity index (χ4v) is 2.45. The zero-order valence-electron chi connectivity index (χ0n) is 9.40. The van der Waals surface area contributed by atoms with Crippen molar-refractivity contribution in [2.24, 2.45) is 0 Å². The minimum Gasteiger partial charge on any atom is -0.485 e. The van der Waals surface area contributed by atoms with Crippen LogP contribution in [0.3, 0.4) is 0 Å². The molecule has 0 bridgehead atoms. The van der Waals surface area contributed by atoms with Crippen LogP contribution in [0.1, 0.15) is 23.7 Å². The molecule has 0 fully saturated rings. The maximum atomic E-state index is 6.01. The Morgan fingerprint density at radius 1 is 1.06 bits per heavy atom. The van der Waals surface area contributed by atoms with Gasteiger partial charge in [-0.15, -0.1) is 0 Å². The van der Waals surface area contributed by atoms with Crippen LogP contribution in [0.25, 0.3) is 0 Å². The van der Waals surface area contributed by atoms with Crippen molar-refractivity contribution in [1.82, 2.24) is 0 Å². The van der Waals surface area contributed by atoms with Crippen LogP contribution in [0, 0.1) is 0 Å². The molecule has 0 radical (unpaired) electrons. The van der Waals surface area contributed by atoms with Crippen LogP contribution in [0.4, 0.5) is 0 Å². The molecule has 1 heterocycles. The van der Waals surface area contributed by atoms with Crippen LogP contribution in [0.5, 0.6) is 5.75 Å². The predicted octanol–water partition coefficient (Wildman–Crippen LogP) is 4.41. The van der Waals surface area contributed by atoms with E-state index in [-0.39, 0.29) is 6.10 Å². The average molecular weight is 245 g/mol. The van der Waals surface area contributed by atoms with Gasteiger partial charge < -0.3 is 4.74 Å². The van der Waals surface area contributed by atoms with Gasteiger partial charge in [0.2, 0.25) is 0 Å². The molecule has 2 aromatic carbocycles. The van der Waals surface area contributed by atoms with Gasteiger partial charge in [0.15, 0.2) is 0 Å². The van der Waals surface area contributed by atoms with E-state index in [1.165, 1.54) is 11.1 Å². The van der Waals surface area contributed by atoms with Crippen LogP contribution in [-0.2, 0) is 6.42 Å². The first kappa shape index (κ1) is 10.7. The molecule has 3 rings (SSSR count). The summed E-state index contributed by atoms with van der Waals surface area (Å²) < 4.78 is 6.01. The topological polar surface area (TPSA) is 9.23 Å². The van der Waals surface area contributed by atoms with E-state index in [9.17, 15) is 0 Å². The summed E-state index contributed by atoms with van der Waals surface area (Å²) in [6.45, 7) is 0. The van der Waals surface area contributed by atoms with E-state index in [0.29, 0.717) is 0 Å². The van der Waals surface area contributed by atoms with Crippen LogP contribution < -0.4 is 4.74 Å². The second kappa shape index (κ2) is 4.42. The first-order chi connectivity index (χ1) is 8.33. The molecule has 1 nitrogen and oxygen atoms in total. The van der Waals surface area contributed by atoms with E-state index in [4.69, 9.17) is 16.3 Å². The Balaban J connectivity index is 1.88. The first-order valence-corrected chi connectivity index (χ1v) is 6.21. The minimum atomic E-state index is 0.171. The Labute approximate surface area is 106 Å². The Bertz CT molecular complexity index is 522. The number of hydrogen-bond donors (Lipinski definition) is 0. The zero-order chi connectivity index (χ0) is 11.7. The van der Waals surface area contributed by atoms with Gasteiger partial charge in [0.1, 0.15) is 11.9 Å². The number of hydrogen-bond acceptors (Lipinski definition) is 1. The third-order valence-electron chi connectivity index (χ3n) is 3.14. The van der Waals surface area contributed by atoms with Gasteiger partial charge in [0.25, 0.3) is 0 Å². The third-order valence-corrected chi connectivity index (χ3v) is 3.37. The van der Waals surface area contributed by atoms with Crippen molar-refractivity contribution in [2.75, 3.05) is 0 Å². The summed E-state index contributed by atoms with van der Waals surface area (Å²) in [6, 6.07) is 16.2. The molecule has 0 saturated heterocycles. The van der Waals surface area contributed by atoms with Gasteiger partial charge in [-0.25, -0.2) is 0 Å². The summed E-state index contributed by atoms with van der Waals surface area (Å²) in [5, 5.41) is 0.783. The predicted molar refractivity (Wildman–Crippen MR) is 69.6 cm³/mol. The van der Waals surface area contributed by atoms with E-state index in [1.807, 2.05) is 24.3 Å². The van der Waals surface area contributed by atoms with Crippen molar-refractivity contribution in [3.8, 4) is 5.75 Å². The molecule has 0 N–H and O–H groups in total. The van der Waals surface area contributed by atoms with Gasteiger partial charge in [-0.05, 0) is 42.2 Å². The van der Waals surface area contributed by atoms with Gasteiger partial charge in [-0.1, -0.05) is 41.9 Å².